The Hall–Kier alpha value is -1.77. The van der Waals surface area contributed by atoms with E-state index >= 15 is 0 Å². The summed E-state index contributed by atoms with van der Waals surface area (Å²) in [6, 6.07) is 2.48. The number of methoxy groups -OCH3 is 1. The largest absolute Gasteiger partial charge is 0.393 e. The second-order valence-corrected chi connectivity index (χ2v) is 12.2. The molecule has 0 radical (unpaired) electrons. The highest BCUT2D eigenvalue weighted by Gasteiger charge is 2.34. The molecule has 36 heavy (non-hydrogen) atoms. The zero-order valence-electron chi connectivity index (χ0n) is 22.8. The van der Waals surface area contributed by atoms with Crippen molar-refractivity contribution in [2.45, 2.75) is 89.7 Å². The minimum atomic E-state index is -0.265. The Bertz CT molecular complexity index is 851. The van der Waals surface area contributed by atoms with Crippen molar-refractivity contribution in [1.29, 1.82) is 0 Å². The fraction of sp³-hybridized carbons (Fsp3) is 0.821. The Kier molecular flexibility index (Phi) is 9.23. The number of aliphatic hydroxyl groups excluding tert-OH is 1. The molecule has 2 N–H and O–H groups in total. The predicted molar refractivity (Wildman–Crippen MR) is 142 cm³/mol. The number of amides is 1. The first-order valence-corrected chi connectivity index (χ1v) is 14.0. The summed E-state index contributed by atoms with van der Waals surface area (Å²) in [6.45, 7) is 12.5. The van der Waals surface area contributed by atoms with Crippen molar-refractivity contribution < 1.29 is 14.6 Å². The van der Waals surface area contributed by atoms with Gasteiger partial charge in [0.2, 0.25) is 5.91 Å². The first-order valence-electron chi connectivity index (χ1n) is 14.0. The third-order valence-electron chi connectivity index (χ3n) is 8.23. The highest BCUT2D eigenvalue weighted by atomic mass is 16.5. The van der Waals surface area contributed by atoms with Gasteiger partial charge in [-0.05, 0) is 57.4 Å². The Labute approximate surface area is 217 Å². The van der Waals surface area contributed by atoms with Crippen LogP contribution in [0.4, 0.5) is 5.82 Å². The molecule has 3 fully saturated rings. The maximum Gasteiger partial charge on any atom is 0.223 e. The highest BCUT2D eigenvalue weighted by Crippen LogP contribution is 2.30. The van der Waals surface area contributed by atoms with Crippen LogP contribution in [-0.4, -0.2) is 84.5 Å². The van der Waals surface area contributed by atoms with E-state index < -0.39 is 0 Å². The number of ether oxygens (including phenoxy) is 1. The van der Waals surface area contributed by atoms with Gasteiger partial charge in [0, 0.05) is 68.8 Å². The number of rotatable bonds is 9. The van der Waals surface area contributed by atoms with Crippen molar-refractivity contribution in [2.24, 2.45) is 11.8 Å². The van der Waals surface area contributed by atoms with E-state index in [1.165, 1.54) is 19.3 Å². The van der Waals surface area contributed by atoms with Crippen LogP contribution in [0.5, 0.6) is 0 Å². The summed E-state index contributed by atoms with van der Waals surface area (Å²) in [5.74, 6) is 2.92. The SMILES string of the molecule is COCCc1cc(N2CCN(CC[C@H]3CC[C@@H](NC(=O)[C@H]4C[C@@H](O)C4)CC3)CC2)nc(C(C)(C)C)n1. The molecule has 1 amide bonds. The fourth-order valence-corrected chi connectivity index (χ4v) is 5.60. The zero-order chi connectivity index (χ0) is 25.7. The molecule has 0 bridgehead atoms. The average Bonchev–Trinajstić information content (AvgIpc) is 2.84. The monoisotopic (exact) mass is 501 g/mol. The van der Waals surface area contributed by atoms with Gasteiger partial charge in [-0.25, -0.2) is 9.97 Å². The van der Waals surface area contributed by atoms with E-state index in [4.69, 9.17) is 14.7 Å². The Balaban J connectivity index is 1.19. The van der Waals surface area contributed by atoms with E-state index in [9.17, 15) is 9.90 Å². The van der Waals surface area contributed by atoms with Gasteiger partial charge in [-0.1, -0.05) is 20.8 Å². The van der Waals surface area contributed by atoms with Crippen LogP contribution in [0.3, 0.4) is 0 Å². The zero-order valence-corrected chi connectivity index (χ0v) is 22.8. The average molecular weight is 502 g/mol. The molecule has 8 nitrogen and oxygen atoms in total. The van der Waals surface area contributed by atoms with Crippen molar-refractivity contribution in [3.8, 4) is 0 Å². The molecule has 3 aliphatic rings. The van der Waals surface area contributed by atoms with Crippen molar-refractivity contribution in [3.63, 3.8) is 0 Å². The molecule has 202 valence electrons. The van der Waals surface area contributed by atoms with E-state index in [2.05, 4.69) is 42.0 Å². The van der Waals surface area contributed by atoms with Gasteiger partial charge in [0.1, 0.15) is 11.6 Å². The maximum absolute atomic E-state index is 12.3. The fourth-order valence-electron chi connectivity index (χ4n) is 5.60. The maximum atomic E-state index is 12.3. The van der Waals surface area contributed by atoms with E-state index in [0.717, 1.165) is 75.2 Å². The number of hydrogen-bond acceptors (Lipinski definition) is 7. The summed E-state index contributed by atoms with van der Waals surface area (Å²) in [5, 5.41) is 12.7. The van der Waals surface area contributed by atoms with Gasteiger partial charge in [0.15, 0.2) is 0 Å². The third-order valence-corrected chi connectivity index (χ3v) is 8.23. The van der Waals surface area contributed by atoms with E-state index in [1.54, 1.807) is 7.11 Å². The molecule has 1 aromatic rings. The molecule has 2 heterocycles. The summed E-state index contributed by atoms with van der Waals surface area (Å²) in [4.78, 5) is 27.0. The van der Waals surface area contributed by atoms with Crippen molar-refractivity contribution in [1.82, 2.24) is 20.2 Å². The van der Waals surface area contributed by atoms with Gasteiger partial charge in [-0.3, -0.25) is 9.69 Å². The quantitative estimate of drug-likeness (QED) is 0.538. The van der Waals surface area contributed by atoms with E-state index in [1.807, 2.05) is 0 Å². The van der Waals surface area contributed by atoms with Gasteiger partial charge in [-0.2, -0.15) is 0 Å². The molecule has 0 aromatic carbocycles. The molecule has 0 spiro atoms. The molecule has 0 atom stereocenters. The number of carbonyl (C=O) groups is 1. The number of aromatic nitrogens is 2. The molecular formula is C28H47N5O3. The Morgan fingerprint density at radius 1 is 1.11 bits per heavy atom. The third kappa shape index (κ3) is 7.39. The lowest BCUT2D eigenvalue weighted by molar-refractivity contribution is -0.132. The normalized spacial score (nSPS) is 27.5. The van der Waals surface area contributed by atoms with Gasteiger partial charge < -0.3 is 20.1 Å². The standard InChI is InChI=1S/C28H47N5O3/c1-28(2,3)27-30-23(10-16-36-4)19-25(31-27)33-14-12-32(13-15-33)11-9-20-5-7-22(8-6-20)29-26(35)21-17-24(34)18-21/h19-22,24,34H,5-18H2,1-4H3,(H,29,35)/t20-,21-,22+,24+. The van der Waals surface area contributed by atoms with Gasteiger partial charge in [0.05, 0.1) is 12.7 Å². The van der Waals surface area contributed by atoms with Crippen LogP contribution in [0.1, 0.15) is 77.2 Å². The van der Waals surface area contributed by atoms with Crippen molar-refractivity contribution >= 4 is 11.7 Å². The number of aliphatic hydroxyl groups is 1. The van der Waals surface area contributed by atoms with Crippen LogP contribution in [-0.2, 0) is 21.4 Å². The number of piperazine rings is 1. The molecule has 2 aliphatic carbocycles. The number of nitrogens with zero attached hydrogens (tertiary/aromatic N) is 4. The Morgan fingerprint density at radius 3 is 2.42 bits per heavy atom. The van der Waals surface area contributed by atoms with Gasteiger partial charge in [-0.15, -0.1) is 0 Å². The van der Waals surface area contributed by atoms with Crippen molar-refractivity contribution in [3.05, 3.63) is 17.6 Å². The first kappa shape index (κ1) is 27.3. The minimum absolute atomic E-state index is 0.0377. The lowest BCUT2D eigenvalue weighted by Crippen LogP contribution is -2.47. The van der Waals surface area contributed by atoms with Crippen LogP contribution in [0.15, 0.2) is 6.07 Å². The van der Waals surface area contributed by atoms with Gasteiger partial charge >= 0.3 is 0 Å². The number of anilines is 1. The second-order valence-electron chi connectivity index (χ2n) is 12.2. The summed E-state index contributed by atoms with van der Waals surface area (Å²) in [7, 11) is 1.73. The number of hydrogen-bond donors (Lipinski definition) is 2. The summed E-state index contributed by atoms with van der Waals surface area (Å²) < 4.78 is 5.28. The second kappa shape index (κ2) is 12.2. The summed E-state index contributed by atoms with van der Waals surface area (Å²) in [6.07, 6.45) is 7.67. The first-order chi connectivity index (χ1) is 17.2. The molecule has 2 saturated carbocycles. The van der Waals surface area contributed by atoms with Crippen LogP contribution in [0, 0.1) is 11.8 Å². The number of carbonyl (C=O) groups excluding carboxylic acids is 1. The minimum Gasteiger partial charge on any atom is -0.393 e. The Morgan fingerprint density at radius 2 is 1.81 bits per heavy atom. The highest BCUT2D eigenvalue weighted by molar-refractivity contribution is 5.79. The molecule has 0 unspecified atom stereocenters. The van der Waals surface area contributed by atoms with E-state index in [-0.39, 0.29) is 23.3 Å². The van der Waals surface area contributed by atoms with Crippen LogP contribution < -0.4 is 10.2 Å². The van der Waals surface area contributed by atoms with Crippen LogP contribution in [0.25, 0.3) is 0 Å². The smallest absolute Gasteiger partial charge is 0.223 e. The summed E-state index contributed by atoms with van der Waals surface area (Å²) >= 11 is 0. The summed E-state index contributed by atoms with van der Waals surface area (Å²) in [5.41, 5.74) is 0.979. The molecular weight excluding hydrogens is 454 g/mol. The topological polar surface area (TPSA) is 90.8 Å². The lowest BCUT2D eigenvalue weighted by atomic mass is 9.80. The van der Waals surface area contributed by atoms with Gasteiger partial charge in [0.25, 0.3) is 0 Å². The molecule has 1 aromatic heterocycles. The molecule has 1 aliphatic heterocycles. The molecule has 8 heteroatoms. The number of nitrogens with one attached hydrogen (secondary N) is 1. The predicted octanol–water partition coefficient (Wildman–Crippen LogP) is 2.92. The molecule has 4 rings (SSSR count). The lowest BCUT2D eigenvalue weighted by Gasteiger charge is -2.37. The van der Waals surface area contributed by atoms with Crippen molar-refractivity contribution in [2.75, 3.05) is 51.3 Å². The molecule has 1 saturated heterocycles. The van der Waals surface area contributed by atoms with Crippen LogP contribution >= 0.6 is 0 Å². The van der Waals surface area contributed by atoms with E-state index in [0.29, 0.717) is 25.5 Å². The van der Waals surface area contributed by atoms with Crippen LogP contribution in [0.2, 0.25) is 0 Å².